The summed E-state index contributed by atoms with van der Waals surface area (Å²) < 4.78 is 7.30. The molecule has 8 heteroatoms. The Balaban J connectivity index is 1.93. The van der Waals surface area contributed by atoms with Crippen LogP contribution in [0.2, 0.25) is 5.02 Å². The number of hydrogen-bond donors (Lipinski definition) is 0. The van der Waals surface area contributed by atoms with Crippen molar-refractivity contribution >= 4 is 29.5 Å². The number of carbonyl (C=O) groups is 2. The maximum Gasteiger partial charge on any atom is 0.271 e. The third-order valence-corrected chi connectivity index (χ3v) is 6.67. The van der Waals surface area contributed by atoms with E-state index < -0.39 is 11.8 Å². The molecule has 0 bridgehead atoms. The van der Waals surface area contributed by atoms with E-state index in [1.54, 1.807) is 36.7 Å². The normalized spacial score (nSPS) is 15.8. The van der Waals surface area contributed by atoms with Crippen LogP contribution in [0.1, 0.15) is 39.7 Å². The fraction of sp³-hybridized carbons (Fsp3) is 0.241. The van der Waals surface area contributed by atoms with E-state index in [-0.39, 0.29) is 17.2 Å². The van der Waals surface area contributed by atoms with Gasteiger partial charge in [-0.3, -0.25) is 14.5 Å². The number of benzene rings is 2. The van der Waals surface area contributed by atoms with E-state index in [0.29, 0.717) is 40.6 Å². The monoisotopic (exact) mass is 514 g/mol. The van der Waals surface area contributed by atoms with Crippen molar-refractivity contribution in [1.82, 2.24) is 14.7 Å². The zero-order valence-electron chi connectivity index (χ0n) is 21.2. The lowest BCUT2D eigenvalue weighted by atomic mass is 9.92. The standard InChI is InChI=1S/C29H27ClN4O3/c1-5-18(3)34-28(35)23(19(4)24(16-31)29(34)36)14-21-17-33(22-10-8-7-9-11-22)32-27(21)20-12-13-26(37-6-2)25(30)15-20/h7-15,17-18H,5-6H2,1-4H3/b23-14+. The molecule has 1 unspecified atom stereocenters. The van der Waals surface area contributed by atoms with Crippen LogP contribution < -0.4 is 4.74 Å². The van der Waals surface area contributed by atoms with Gasteiger partial charge in [0.1, 0.15) is 23.1 Å². The first-order chi connectivity index (χ1) is 17.8. The molecular weight excluding hydrogens is 488 g/mol. The Morgan fingerprint density at radius 2 is 1.86 bits per heavy atom. The van der Waals surface area contributed by atoms with Gasteiger partial charge in [-0.05, 0) is 69.2 Å². The summed E-state index contributed by atoms with van der Waals surface area (Å²) in [5.74, 6) is -0.424. The second-order valence-corrected chi connectivity index (χ2v) is 9.11. The zero-order valence-corrected chi connectivity index (χ0v) is 21.9. The summed E-state index contributed by atoms with van der Waals surface area (Å²) >= 11 is 6.48. The smallest absolute Gasteiger partial charge is 0.271 e. The second-order valence-electron chi connectivity index (χ2n) is 8.70. The Kier molecular flexibility index (Phi) is 7.61. The SMILES string of the molecule is CCOc1ccc(-c2nn(-c3ccccc3)cc2/C=C2/C(=O)N(C(C)CC)C(=O)C(C#N)=C2C)cc1Cl. The molecule has 3 aromatic rings. The molecule has 2 amide bonds. The van der Waals surface area contributed by atoms with Gasteiger partial charge in [-0.2, -0.15) is 10.4 Å². The molecule has 0 N–H and O–H groups in total. The lowest BCUT2D eigenvalue weighted by molar-refractivity contribution is -0.142. The summed E-state index contributed by atoms with van der Waals surface area (Å²) in [7, 11) is 0. The Morgan fingerprint density at radius 1 is 1.14 bits per heavy atom. The highest BCUT2D eigenvalue weighted by molar-refractivity contribution is 6.32. The molecule has 7 nitrogen and oxygen atoms in total. The van der Waals surface area contributed by atoms with E-state index >= 15 is 0 Å². The van der Waals surface area contributed by atoms with Crippen LogP contribution in [0.3, 0.4) is 0 Å². The van der Waals surface area contributed by atoms with Gasteiger partial charge in [0, 0.05) is 28.9 Å². The number of ether oxygens (including phenoxy) is 1. The number of nitrogens with zero attached hydrogens (tertiary/aromatic N) is 4. The molecule has 1 aromatic heterocycles. The van der Waals surface area contributed by atoms with Crippen molar-refractivity contribution in [2.24, 2.45) is 0 Å². The summed E-state index contributed by atoms with van der Waals surface area (Å²) in [6, 6.07) is 16.6. The molecule has 0 fully saturated rings. The lowest BCUT2D eigenvalue weighted by Crippen LogP contribution is -2.47. The van der Waals surface area contributed by atoms with E-state index in [9.17, 15) is 14.9 Å². The van der Waals surface area contributed by atoms with Crippen molar-refractivity contribution in [2.45, 2.75) is 40.2 Å². The van der Waals surface area contributed by atoms with Crippen LogP contribution in [0.25, 0.3) is 23.0 Å². The Bertz CT molecular complexity index is 1460. The predicted octanol–water partition coefficient (Wildman–Crippen LogP) is 5.98. The minimum atomic E-state index is -0.560. The van der Waals surface area contributed by atoms with Gasteiger partial charge in [-0.15, -0.1) is 0 Å². The van der Waals surface area contributed by atoms with Crippen LogP contribution in [0.4, 0.5) is 0 Å². The van der Waals surface area contributed by atoms with Crippen LogP contribution in [0, 0.1) is 11.3 Å². The van der Waals surface area contributed by atoms with Gasteiger partial charge in [-0.25, -0.2) is 4.68 Å². The Hall–Kier alpha value is -4.15. The summed E-state index contributed by atoms with van der Waals surface area (Å²) in [5.41, 5.74) is 3.39. The number of hydrogen-bond acceptors (Lipinski definition) is 5. The van der Waals surface area contributed by atoms with Crippen molar-refractivity contribution in [2.75, 3.05) is 6.61 Å². The first kappa shape index (κ1) is 25.9. The molecule has 2 aromatic carbocycles. The maximum absolute atomic E-state index is 13.5. The van der Waals surface area contributed by atoms with Gasteiger partial charge in [0.25, 0.3) is 11.8 Å². The van der Waals surface area contributed by atoms with Crippen LogP contribution >= 0.6 is 11.6 Å². The van der Waals surface area contributed by atoms with Gasteiger partial charge in [0.15, 0.2) is 0 Å². The summed E-state index contributed by atoms with van der Waals surface area (Å²) in [6.07, 6.45) is 4.09. The van der Waals surface area contributed by atoms with E-state index in [2.05, 4.69) is 0 Å². The lowest BCUT2D eigenvalue weighted by Gasteiger charge is -2.31. The van der Waals surface area contributed by atoms with Crippen LogP contribution in [0.15, 0.2) is 71.4 Å². The van der Waals surface area contributed by atoms with E-state index in [1.165, 1.54) is 4.90 Å². The predicted molar refractivity (Wildman–Crippen MR) is 143 cm³/mol. The molecule has 0 aliphatic carbocycles. The van der Waals surface area contributed by atoms with Crippen LogP contribution in [0.5, 0.6) is 5.75 Å². The minimum Gasteiger partial charge on any atom is -0.492 e. The minimum absolute atomic E-state index is 0.0349. The molecule has 1 atom stereocenters. The maximum atomic E-state index is 13.5. The number of nitriles is 1. The van der Waals surface area contributed by atoms with E-state index in [1.807, 2.05) is 62.5 Å². The fourth-order valence-corrected chi connectivity index (χ4v) is 4.42. The van der Waals surface area contributed by atoms with Crippen molar-refractivity contribution in [3.05, 3.63) is 82.0 Å². The molecule has 0 saturated heterocycles. The highest BCUT2D eigenvalue weighted by Gasteiger charge is 2.37. The van der Waals surface area contributed by atoms with Crippen LogP contribution in [-0.4, -0.2) is 39.1 Å². The van der Waals surface area contributed by atoms with Gasteiger partial charge in [0.2, 0.25) is 0 Å². The average molecular weight is 515 g/mol. The highest BCUT2D eigenvalue weighted by atomic mass is 35.5. The molecular formula is C29H27ClN4O3. The van der Waals surface area contributed by atoms with Crippen molar-refractivity contribution in [3.63, 3.8) is 0 Å². The number of para-hydroxylation sites is 1. The Morgan fingerprint density at radius 3 is 2.49 bits per heavy atom. The number of amides is 2. The summed E-state index contributed by atoms with van der Waals surface area (Å²) in [5, 5.41) is 15.0. The van der Waals surface area contributed by atoms with Crippen molar-refractivity contribution in [3.8, 4) is 28.8 Å². The number of aromatic nitrogens is 2. The zero-order chi connectivity index (χ0) is 26.7. The molecule has 1 aliphatic rings. The van der Waals surface area contributed by atoms with Gasteiger partial charge in [0.05, 0.1) is 17.3 Å². The molecule has 0 radical (unpaired) electrons. The quantitative estimate of drug-likeness (QED) is 0.286. The topological polar surface area (TPSA) is 88.2 Å². The fourth-order valence-electron chi connectivity index (χ4n) is 4.19. The van der Waals surface area contributed by atoms with E-state index in [4.69, 9.17) is 21.4 Å². The van der Waals surface area contributed by atoms with Gasteiger partial charge in [-0.1, -0.05) is 36.7 Å². The number of imide groups is 1. The first-order valence-electron chi connectivity index (χ1n) is 12.1. The second kappa shape index (κ2) is 10.9. The molecule has 2 heterocycles. The number of carbonyl (C=O) groups excluding carboxylic acids is 2. The molecule has 37 heavy (non-hydrogen) atoms. The number of rotatable bonds is 7. The van der Waals surface area contributed by atoms with Crippen LogP contribution in [-0.2, 0) is 9.59 Å². The van der Waals surface area contributed by atoms with Gasteiger partial charge < -0.3 is 4.74 Å². The molecule has 0 spiro atoms. The number of halogens is 1. The highest BCUT2D eigenvalue weighted by Crippen LogP contribution is 2.35. The Labute approximate surface area is 221 Å². The summed E-state index contributed by atoms with van der Waals surface area (Å²) in [4.78, 5) is 27.6. The average Bonchev–Trinajstić information content (AvgIpc) is 3.32. The third kappa shape index (κ3) is 4.93. The largest absolute Gasteiger partial charge is 0.492 e. The first-order valence-corrected chi connectivity index (χ1v) is 12.5. The van der Waals surface area contributed by atoms with Crippen molar-refractivity contribution < 1.29 is 14.3 Å². The van der Waals surface area contributed by atoms with Gasteiger partial charge >= 0.3 is 0 Å². The van der Waals surface area contributed by atoms with Crippen molar-refractivity contribution in [1.29, 1.82) is 5.26 Å². The van der Waals surface area contributed by atoms with E-state index in [0.717, 1.165) is 11.3 Å². The molecule has 188 valence electrons. The third-order valence-electron chi connectivity index (χ3n) is 6.37. The summed E-state index contributed by atoms with van der Waals surface area (Å²) in [6.45, 7) is 7.69. The molecule has 4 rings (SSSR count). The molecule has 1 aliphatic heterocycles. The molecule has 0 saturated carbocycles.